The summed E-state index contributed by atoms with van der Waals surface area (Å²) in [5.41, 5.74) is 5.39. The quantitative estimate of drug-likeness (QED) is 0.0264. The van der Waals surface area contributed by atoms with Crippen molar-refractivity contribution in [3.05, 3.63) is 85.1 Å². The molecule has 2 unspecified atom stereocenters. The first kappa shape index (κ1) is 74.2. The summed E-state index contributed by atoms with van der Waals surface area (Å²) in [6.45, 7) is 3.66. The summed E-state index contributed by atoms with van der Waals surface area (Å²) < 4.78 is 33.1. The SMILES string of the molecule is CC/C=C\C/C=C\C/C=C\C/C=C\C/C=C\C/C=C\CCCCCCCCCCCCCCCCC(=O)OC(COC(=O)CCCCCCCCCCCCC/C=C\CCCCCCCCCC)COP(=O)(O)OCCN. The first-order chi connectivity index (χ1) is 37.8. The first-order valence-electron chi connectivity index (χ1n) is 32.1. The summed E-state index contributed by atoms with van der Waals surface area (Å²) in [4.78, 5) is 35.3. The second kappa shape index (κ2) is 62.4. The van der Waals surface area contributed by atoms with Crippen LogP contribution in [0.15, 0.2) is 85.1 Å². The minimum Gasteiger partial charge on any atom is -0.462 e. The number of hydrogen-bond donors (Lipinski definition) is 2. The average Bonchev–Trinajstić information content (AvgIpc) is 3.42. The van der Waals surface area contributed by atoms with E-state index < -0.39 is 26.5 Å². The van der Waals surface area contributed by atoms with Crippen molar-refractivity contribution < 1.29 is 37.6 Å². The average molecular weight is 1100 g/mol. The molecule has 0 fully saturated rings. The molecule has 0 aromatic carbocycles. The van der Waals surface area contributed by atoms with Gasteiger partial charge in [-0.3, -0.25) is 18.6 Å². The second-order valence-corrected chi connectivity index (χ2v) is 22.7. The van der Waals surface area contributed by atoms with E-state index in [1.807, 2.05) is 0 Å². The van der Waals surface area contributed by atoms with Gasteiger partial charge in [0.15, 0.2) is 6.10 Å². The van der Waals surface area contributed by atoms with Crippen molar-refractivity contribution in [3.63, 3.8) is 0 Å². The Hall–Kier alpha value is -2.81. The van der Waals surface area contributed by atoms with Gasteiger partial charge in [-0.25, -0.2) is 4.57 Å². The van der Waals surface area contributed by atoms with E-state index in [0.717, 1.165) is 77.0 Å². The van der Waals surface area contributed by atoms with Crippen LogP contribution in [0, 0.1) is 0 Å². The highest BCUT2D eigenvalue weighted by molar-refractivity contribution is 7.47. The number of ether oxygens (including phenoxy) is 2. The summed E-state index contributed by atoms with van der Waals surface area (Å²) in [5.74, 6) is -0.821. The van der Waals surface area contributed by atoms with Crippen molar-refractivity contribution in [3.8, 4) is 0 Å². The summed E-state index contributed by atoms with van der Waals surface area (Å²) in [6, 6.07) is 0. The van der Waals surface area contributed by atoms with Crippen molar-refractivity contribution in [1.82, 2.24) is 0 Å². The van der Waals surface area contributed by atoms with Gasteiger partial charge in [-0.2, -0.15) is 0 Å². The van der Waals surface area contributed by atoms with Crippen LogP contribution in [0.5, 0.6) is 0 Å². The molecule has 10 heteroatoms. The van der Waals surface area contributed by atoms with Gasteiger partial charge in [-0.1, -0.05) is 279 Å². The van der Waals surface area contributed by atoms with Gasteiger partial charge in [0.2, 0.25) is 0 Å². The third kappa shape index (κ3) is 62.3. The van der Waals surface area contributed by atoms with E-state index in [1.165, 1.54) is 186 Å². The molecule has 0 radical (unpaired) electrons. The Kier molecular flexibility index (Phi) is 60.1. The van der Waals surface area contributed by atoms with E-state index in [4.69, 9.17) is 24.3 Å². The molecule has 0 rings (SSSR count). The molecule has 2 atom stereocenters. The van der Waals surface area contributed by atoms with E-state index in [9.17, 15) is 19.0 Å². The lowest BCUT2D eigenvalue weighted by molar-refractivity contribution is -0.161. The van der Waals surface area contributed by atoms with Crippen LogP contribution in [-0.2, 0) is 32.7 Å². The monoisotopic (exact) mass is 1100 g/mol. The molecule has 0 aromatic rings. The molecule has 77 heavy (non-hydrogen) atoms. The number of phosphoric acid groups is 1. The Morgan fingerprint density at radius 2 is 0.714 bits per heavy atom. The fourth-order valence-corrected chi connectivity index (χ4v) is 9.81. The van der Waals surface area contributed by atoms with Gasteiger partial charge < -0.3 is 20.1 Å². The highest BCUT2D eigenvalue weighted by Crippen LogP contribution is 2.43. The number of carbonyl (C=O) groups is 2. The third-order valence-corrected chi connectivity index (χ3v) is 14.7. The molecule has 0 spiro atoms. The highest BCUT2D eigenvalue weighted by atomic mass is 31.2. The van der Waals surface area contributed by atoms with E-state index in [2.05, 4.69) is 98.9 Å². The van der Waals surface area contributed by atoms with Gasteiger partial charge in [0, 0.05) is 19.4 Å². The normalized spacial score (nSPS) is 13.6. The van der Waals surface area contributed by atoms with Crippen LogP contribution in [0.25, 0.3) is 0 Å². The first-order valence-corrected chi connectivity index (χ1v) is 33.6. The molecule has 0 bridgehead atoms. The predicted molar refractivity (Wildman–Crippen MR) is 330 cm³/mol. The Morgan fingerprint density at radius 1 is 0.403 bits per heavy atom. The molecule has 0 aliphatic rings. The van der Waals surface area contributed by atoms with Gasteiger partial charge in [0.05, 0.1) is 13.2 Å². The predicted octanol–water partition coefficient (Wildman–Crippen LogP) is 20.6. The molecular formula is C67H120NO8P. The van der Waals surface area contributed by atoms with Crippen molar-refractivity contribution >= 4 is 19.8 Å². The number of carbonyl (C=O) groups excluding carboxylic acids is 2. The van der Waals surface area contributed by atoms with Gasteiger partial charge in [-0.05, 0) is 89.9 Å². The van der Waals surface area contributed by atoms with Gasteiger partial charge in [-0.15, -0.1) is 0 Å². The summed E-state index contributed by atoms with van der Waals surface area (Å²) >= 11 is 0. The lowest BCUT2D eigenvalue weighted by Crippen LogP contribution is -2.29. The van der Waals surface area contributed by atoms with Gasteiger partial charge >= 0.3 is 19.8 Å². The maximum atomic E-state index is 12.7. The molecule has 0 saturated heterocycles. The Balaban J connectivity index is 3.92. The zero-order chi connectivity index (χ0) is 55.9. The fourth-order valence-electron chi connectivity index (χ4n) is 9.05. The largest absolute Gasteiger partial charge is 0.472 e. The van der Waals surface area contributed by atoms with Gasteiger partial charge in [0.25, 0.3) is 0 Å². The summed E-state index contributed by atoms with van der Waals surface area (Å²) in [5, 5.41) is 0. The van der Waals surface area contributed by atoms with Crippen molar-refractivity contribution in [2.45, 2.75) is 302 Å². The second-order valence-electron chi connectivity index (χ2n) is 21.2. The van der Waals surface area contributed by atoms with E-state index in [1.54, 1.807) is 0 Å². The number of nitrogens with two attached hydrogens (primary N) is 1. The zero-order valence-electron chi connectivity index (χ0n) is 49.9. The zero-order valence-corrected chi connectivity index (χ0v) is 50.8. The molecule has 0 heterocycles. The minimum atomic E-state index is -4.39. The standard InChI is InChI=1S/C67H120NO8P/c1-3-5-7-9-11-13-15-17-19-21-23-25-27-28-29-30-31-32-33-34-35-36-38-40-42-44-46-48-50-52-54-56-58-60-67(70)76-65(64-75-77(71,72)74-62-61-68)63-73-66(69)59-57-55-53-51-49-47-45-43-41-39-37-26-24-22-20-18-16-14-12-10-8-6-4-2/h5,7,11,13,17,19,22-25,28-29,31-32,65H,3-4,6,8-10,12,14-16,18,20-21,26-27,30,33-64,68H2,1-2H3,(H,71,72)/b7-5-,13-11-,19-17-,24-22-,25-23-,29-28-,32-31-. The van der Waals surface area contributed by atoms with Crippen LogP contribution >= 0.6 is 7.82 Å². The van der Waals surface area contributed by atoms with Crippen LogP contribution in [0.1, 0.15) is 296 Å². The number of unbranched alkanes of at least 4 members (excludes halogenated alkanes) is 33. The molecule has 0 amide bonds. The van der Waals surface area contributed by atoms with E-state index in [0.29, 0.717) is 6.42 Å². The molecule has 0 aliphatic heterocycles. The van der Waals surface area contributed by atoms with Crippen LogP contribution in [-0.4, -0.2) is 49.3 Å². The number of allylic oxidation sites excluding steroid dienone is 14. The molecular weight excluding hydrogens is 978 g/mol. The van der Waals surface area contributed by atoms with Crippen LogP contribution < -0.4 is 5.73 Å². The molecule has 0 aliphatic carbocycles. The lowest BCUT2D eigenvalue weighted by atomic mass is 10.0. The van der Waals surface area contributed by atoms with Crippen molar-refractivity contribution in [1.29, 1.82) is 0 Å². The maximum absolute atomic E-state index is 12.7. The fraction of sp³-hybridized carbons (Fsp3) is 0.761. The van der Waals surface area contributed by atoms with Crippen LogP contribution in [0.3, 0.4) is 0 Å². The third-order valence-electron chi connectivity index (χ3n) is 13.8. The maximum Gasteiger partial charge on any atom is 0.472 e. The molecule has 446 valence electrons. The highest BCUT2D eigenvalue weighted by Gasteiger charge is 2.26. The summed E-state index contributed by atoms with van der Waals surface area (Å²) in [6.07, 6.45) is 82.2. The Morgan fingerprint density at radius 3 is 1.08 bits per heavy atom. The number of esters is 2. The number of phosphoric ester groups is 1. The molecule has 9 nitrogen and oxygen atoms in total. The van der Waals surface area contributed by atoms with E-state index in [-0.39, 0.29) is 38.6 Å². The van der Waals surface area contributed by atoms with Gasteiger partial charge in [0.1, 0.15) is 6.61 Å². The Labute approximate surface area is 474 Å². The van der Waals surface area contributed by atoms with Crippen LogP contribution in [0.4, 0.5) is 0 Å². The van der Waals surface area contributed by atoms with Crippen LogP contribution in [0.2, 0.25) is 0 Å². The number of rotatable bonds is 60. The van der Waals surface area contributed by atoms with Crippen molar-refractivity contribution in [2.24, 2.45) is 5.73 Å². The molecule has 0 aromatic heterocycles. The minimum absolute atomic E-state index is 0.0516. The Bertz CT molecular complexity index is 1530. The lowest BCUT2D eigenvalue weighted by Gasteiger charge is -2.19. The molecule has 3 N–H and O–H groups in total. The summed E-state index contributed by atoms with van der Waals surface area (Å²) in [7, 11) is -4.39. The van der Waals surface area contributed by atoms with E-state index >= 15 is 0 Å². The number of hydrogen-bond acceptors (Lipinski definition) is 8. The smallest absolute Gasteiger partial charge is 0.462 e. The molecule has 0 saturated carbocycles. The topological polar surface area (TPSA) is 134 Å². The van der Waals surface area contributed by atoms with Crippen molar-refractivity contribution in [2.75, 3.05) is 26.4 Å².